The standard InChI is InChI=1S/C20H23NOS/c1-2-22-16-10-4-3-9-15-21-17-11-5-7-13-19(17)23-20-14-8-6-12-18(20)21/h2,5-8,11-14H,1,3-4,9-10,15-16H2. The highest BCUT2D eigenvalue weighted by Crippen LogP contribution is 2.47. The van der Waals surface area contributed by atoms with Gasteiger partial charge in [0.2, 0.25) is 0 Å². The number of anilines is 2. The summed E-state index contributed by atoms with van der Waals surface area (Å²) in [5, 5.41) is 0. The Morgan fingerprint density at radius 1 is 0.870 bits per heavy atom. The number of para-hydroxylation sites is 2. The van der Waals surface area contributed by atoms with Crippen LogP contribution in [0.3, 0.4) is 0 Å². The minimum atomic E-state index is 0.787. The van der Waals surface area contributed by atoms with Gasteiger partial charge in [-0.3, -0.25) is 0 Å². The van der Waals surface area contributed by atoms with Gasteiger partial charge in [-0.2, -0.15) is 0 Å². The van der Waals surface area contributed by atoms with Crippen LogP contribution in [0.2, 0.25) is 0 Å². The van der Waals surface area contributed by atoms with Gasteiger partial charge in [-0.25, -0.2) is 0 Å². The molecule has 120 valence electrons. The maximum Gasteiger partial charge on any atom is 0.0873 e. The zero-order valence-electron chi connectivity index (χ0n) is 13.4. The molecule has 23 heavy (non-hydrogen) atoms. The summed E-state index contributed by atoms with van der Waals surface area (Å²) in [7, 11) is 0. The molecule has 0 saturated carbocycles. The molecule has 3 rings (SSSR count). The molecule has 1 aliphatic heterocycles. The highest BCUT2D eigenvalue weighted by molar-refractivity contribution is 7.99. The first-order valence-corrected chi connectivity index (χ1v) is 9.08. The van der Waals surface area contributed by atoms with E-state index in [-0.39, 0.29) is 0 Å². The first-order chi connectivity index (χ1) is 11.4. The van der Waals surface area contributed by atoms with E-state index < -0.39 is 0 Å². The summed E-state index contributed by atoms with van der Waals surface area (Å²) >= 11 is 1.87. The van der Waals surface area contributed by atoms with Crippen LogP contribution in [-0.4, -0.2) is 13.2 Å². The van der Waals surface area contributed by atoms with Crippen LogP contribution in [0.25, 0.3) is 0 Å². The maximum absolute atomic E-state index is 5.17. The third kappa shape index (κ3) is 3.91. The zero-order valence-corrected chi connectivity index (χ0v) is 14.2. The maximum atomic E-state index is 5.17. The minimum absolute atomic E-state index is 0.787. The zero-order chi connectivity index (χ0) is 15.9. The number of hydrogen-bond donors (Lipinski definition) is 0. The topological polar surface area (TPSA) is 12.5 Å². The summed E-state index contributed by atoms with van der Waals surface area (Å²) in [6, 6.07) is 17.4. The van der Waals surface area contributed by atoms with Crippen molar-refractivity contribution in [1.82, 2.24) is 0 Å². The lowest BCUT2D eigenvalue weighted by Gasteiger charge is -2.32. The average molecular weight is 325 g/mol. The molecule has 0 spiro atoms. The monoisotopic (exact) mass is 325 g/mol. The quantitative estimate of drug-likeness (QED) is 0.435. The molecular weight excluding hydrogens is 302 g/mol. The fourth-order valence-electron chi connectivity index (χ4n) is 2.91. The Hall–Kier alpha value is -1.87. The Bertz CT molecular complexity index is 610. The second-order valence-corrected chi connectivity index (χ2v) is 6.72. The Kier molecular flexibility index (Phi) is 5.65. The Balaban J connectivity index is 1.63. The molecule has 1 heterocycles. The van der Waals surface area contributed by atoms with E-state index in [0.29, 0.717) is 0 Å². The van der Waals surface area contributed by atoms with Crippen molar-refractivity contribution in [3.63, 3.8) is 0 Å². The van der Waals surface area contributed by atoms with Crippen LogP contribution in [0, 0.1) is 0 Å². The van der Waals surface area contributed by atoms with Crippen molar-refractivity contribution in [3.05, 3.63) is 61.4 Å². The molecule has 3 heteroatoms. The van der Waals surface area contributed by atoms with Crippen molar-refractivity contribution in [2.24, 2.45) is 0 Å². The van der Waals surface area contributed by atoms with Crippen molar-refractivity contribution in [1.29, 1.82) is 0 Å². The predicted molar refractivity (Wildman–Crippen MR) is 98.6 cm³/mol. The average Bonchev–Trinajstić information content (AvgIpc) is 2.60. The lowest BCUT2D eigenvalue weighted by molar-refractivity contribution is 0.242. The minimum Gasteiger partial charge on any atom is -0.502 e. The fraction of sp³-hybridized carbons (Fsp3) is 0.300. The molecule has 0 fully saturated rings. The van der Waals surface area contributed by atoms with Gasteiger partial charge in [-0.05, 0) is 37.1 Å². The van der Waals surface area contributed by atoms with E-state index in [1.54, 1.807) is 0 Å². The van der Waals surface area contributed by atoms with E-state index in [0.717, 1.165) is 19.6 Å². The van der Waals surface area contributed by atoms with Crippen LogP contribution < -0.4 is 4.90 Å². The van der Waals surface area contributed by atoms with Gasteiger partial charge in [0.15, 0.2) is 0 Å². The number of benzene rings is 2. The molecule has 2 aromatic carbocycles. The number of ether oxygens (including phenoxy) is 1. The van der Waals surface area contributed by atoms with E-state index >= 15 is 0 Å². The molecular formula is C20H23NOS. The normalized spacial score (nSPS) is 12.4. The van der Waals surface area contributed by atoms with Crippen LogP contribution >= 0.6 is 11.8 Å². The molecule has 0 atom stereocenters. The number of unbranched alkanes of at least 4 members (excludes halogenated alkanes) is 3. The summed E-state index contributed by atoms with van der Waals surface area (Å²) in [6.07, 6.45) is 6.27. The van der Waals surface area contributed by atoms with Crippen molar-refractivity contribution >= 4 is 23.1 Å². The molecule has 0 amide bonds. The number of rotatable bonds is 8. The largest absolute Gasteiger partial charge is 0.502 e. The van der Waals surface area contributed by atoms with Gasteiger partial charge in [0.1, 0.15) is 0 Å². The molecule has 0 unspecified atom stereocenters. The highest BCUT2D eigenvalue weighted by atomic mass is 32.2. The number of fused-ring (bicyclic) bond motifs is 2. The van der Waals surface area contributed by atoms with Crippen LogP contribution in [0.15, 0.2) is 71.2 Å². The van der Waals surface area contributed by atoms with Crippen LogP contribution in [-0.2, 0) is 4.74 Å². The molecule has 0 saturated heterocycles. The second kappa shape index (κ2) is 8.11. The van der Waals surface area contributed by atoms with Crippen molar-refractivity contribution < 1.29 is 4.74 Å². The lowest BCUT2D eigenvalue weighted by atomic mass is 10.1. The van der Waals surface area contributed by atoms with E-state index in [1.807, 2.05) is 11.8 Å². The molecule has 0 bridgehead atoms. The van der Waals surface area contributed by atoms with Crippen molar-refractivity contribution in [3.8, 4) is 0 Å². The molecule has 0 aromatic heterocycles. The van der Waals surface area contributed by atoms with Gasteiger partial charge < -0.3 is 9.64 Å². The van der Waals surface area contributed by atoms with Gasteiger partial charge in [0.05, 0.1) is 24.2 Å². The van der Waals surface area contributed by atoms with Crippen LogP contribution in [0.1, 0.15) is 25.7 Å². The molecule has 2 aromatic rings. The predicted octanol–water partition coefficient (Wildman–Crippen LogP) is 6.01. The third-order valence-corrected chi connectivity index (χ3v) is 5.17. The van der Waals surface area contributed by atoms with Gasteiger partial charge in [0.25, 0.3) is 0 Å². The van der Waals surface area contributed by atoms with Gasteiger partial charge in [0, 0.05) is 16.3 Å². The Labute approximate surface area is 143 Å². The van der Waals surface area contributed by atoms with Gasteiger partial charge in [-0.1, -0.05) is 55.4 Å². The second-order valence-electron chi connectivity index (χ2n) is 5.64. The Morgan fingerprint density at radius 2 is 1.48 bits per heavy atom. The third-order valence-electron chi connectivity index (χ3n) is 4.04. The molecule has 0 radical (unpaired) electrons. The fourth-order valence-corrected chi connectivity index (χ4v) is 4.01. The lowest BCUT2D eigenvalue weighted by Crippen LogP contribution is -2.21. The first kappa shape index (κ1) is 16.0. The molecule has 0 N–H and O–H groups in total. The van der Waals surface area contributed by atoms with Crippen molar-refractivity contribution in [2.45, 2.75) is 35.5 Å². The Morgan fingerprint density at radius 3 is 2.13 bits per heavy atom. The van der Waals surface area contributed by atoms with Gasteiger partial charge >= 0.3 is 0 Å². The van der Waals surface area contributed by atoms with E-state index in [1.165, 1.54) is 46.7 Å². The van der Waals surface area contributed by atoms with Gasteiger partial charge in [-0.15, -0.1) is 0 Å². The first-order valence-electron chi connectivity index (χ1n) is 8.26. The van der Waals surface area contributed by atoms with E-state index in [4.69, 9.17) is 4.74 Å². The smallest absolute Gasteiger partial charge is 0.0873 e. The number of hydrogen-bond acceptors (Lipinski definition) is 3. The molecule has 0 aliphatic carbocycles. The molecule has 1 aliphatic rings. The summed E-state index contributed by atoms with van der Waals surface area (Å²) in [5.41, 5.74) is 2.68. The highest BCUT2D eigenvalue weighted by Gasteiger charge is 2.21. The van der Waals surface area contributed by atoms with Crippen molar-refractivity contribution in [2.75, 3.05) is 18.1 Å². The van der Waals surface area contributed by atoms with Crippen LogP contribution in [0.5, 0.6) is 0 Å². The summed E-state index contributed by atoms with van der Waals surface area (Å²) in [6.45, 7) is 5.42. The SMILES string of the molecule is C=COCCCCCCN1c2ccccc2Sc2ccccc21. The number of nitrogens with zero attached hydrogens (tertiary/aromatic N) is 1. The molecule has 2 nitrogen and oxygen atoms in total. The van der Waals surface area contributed by atoms with Crippen LogP contribution in [0.4, 0.5) is 11.4 Å². The summed E-state index contributed by atoms with van der Waals surface area (Å²) in [4.78, 5) is 5.18. The van der Waals surface area contributed by atoms with E-state index in [2.05, 4.69) is 60.0 Å². The summed E-state index contributed by atoms with van der Waals surface area (Å²) < 4.78 is 5.17. The summed E-state index contributed by atoms with van der Waals surface area (Å²) in [5.74, 6) is 0. The van der Waals surface area contributed by atoms with E-state index in [9.17, 15) is 0 Å².